The van der Waals surface area contributed by atoms with Gasteiger partial charge in [0, 0.05) is 22.7 Å². The molecule has 0 saturated heterocycles. The van der Waals surface area contributed by atoms with Crippen LogP contribution in [0.2, 0.25) is 5.02 Å². The van der Waals surface area contributed by atoms with Crippen molar-refractivity contribution in [2.75, 3.05) is 11.9 Å². The first-order valence-corrected chi connectivity index (χ1v) is 9.46. The number of halogens is 2. The first-order chi connectivity index (χ1) is 13.5. The summed E-state index contributed by atoms with van der Waals surface area (Å²) in [5.41, 5.74) is 2.29. The Kier molecular flexibility index (Phi) is 6.66. The number of hydrogen-bond acceptors (Lipinski definition) is 3. The van der Waals surface area contributed by atoms with Gasteiger partial charge < -0.3 is 10.1 Å². The van der Waals surface area contributed by atoms with Gasteiger partial charge in [0.05, 0.1) is 12.6 Å². The number of anilines is 1. The predicted octanol–water partition coefficient (Wildman–Crippen LogP) is 6.30. The minimum atomic E-state index is -0.362. The van der Waals surface area contributed by atoms with E-state index in [1.54, 1.807) is 12.1 Å². The number of benzene rings is 3. The third kappa shape index (κ3) is 5.33. The lowest BCUT2D eigenvalue weighted by Crippen LogP contribution is -2.16. The Morgan fingerprint density at radius 2 is 1.64 bits per heavy atom. The molecule has 3 rings (SSSR count). The summed E-state index contributed by atoms with van der Waals surface area (Å²) in [5.74, 6) is 0.348. The number of rotatable bonds is 8. The molecular weight excluding hydrogens is 377 g/mol. The summed E-state index contributed by atoms with van der Waals surface area (Å²) in [6.45, 7) is 2.52. The molecule has 0 amide bonds. The van der Waals surface area contributed by atoms with Gasteiger partial charge in [0.15, 0.2) is 5.78 Å². The third-order valence-corrected chi connectivity index (χ3v) is 4.59. The number of ether oxygens (including phenoxy) is 1. The topological polar surface area (TPSA) is 38.3 Å². The van der Waals surface area contributed by atoms with Gasteiger partial charge in [0.25, 0.3) is 0 Å². The van der Waals surface area contributed by atoms with Gasteiger partial charge in [0.1, 0.15) is 11.6 Å². The Bertz CT molecular complexity index is 909. The smallest absolute Gasteiger partial charge is 0.165 e. The summed E-state index contributed by atoms with van der Waals surface area (Å²) in [6, 6.07) is 20.3. The quantitative estimate of drug-likeness (QED) is 0.453. The van der Waals surface area contributed by atoms with Crippen molar-refractivity contribution in [3.63, 3.8) is 0 Å². The molecule has 0 bridgehead atoms. The molecule has 1 unspecified atom stereocenters. The van der Waals surface area contributed by atoms with Crippen LogP contribution in [0.1, 0.15) is 35.3 Å². The van der Waals surface area contributed by atoms with Crippen LogP contribution in [-0.4, -0.2) is 12.4 Å². The second-order valence-electron chi connectivity index (χ2n) is 6.34. The van der Waals surface area contributed by atoms with Crippen LogP contribution >= 0.6 is 11.6 Å². The van der Waals surface area contributed by atoms with Crippen LogP contribution in [0.3, 0.4) is 0 Å². The van der Waals surface area contributed by atoms with Crippen molar-refractivity contribution in [1.29, 1.82) is 0 Å². The van der Waals surface area contributed by atoms with Crippen molar-refractivity contribution in [3.05, 3.63) is 94.8 Å². The number of Topliss-reactive ketones (excluding diaryl/α,β-unsaturated/α-hetero) is 1. The van der Waals surface area contributed by atoms with Gasteiger partial charge in [-0.05, 0) is 73.2 Å². The van der Waals surface area contributed by atoms with E-state index in [-0.39, 0.29) is 24.1 Å². The van der Waals surface area contributed by atoms with E-state index in [1.807, 2.05) is 43.3 Å². The SMILES string of the molecule is CCOc1ccc(C(CC(=O)c2ccc(F)cc2)Nc2ccc(Cl)cc2)cc1. The van der Waals surface area contributed by atoms with Crippen molar-refractivity contribution >= 4 is 23.1 Å². The van der Waals surface area contributed by atoms with E-state index in [9.17, 15) is 9.18 Å². The van der Waals surface area contributed by atoms with Gasteiger partial charge >= 0.3 is 0 Å². The fourth-order valence-corrected chi connectivity index (χ4v) is 3.03. The zero-order valence-electron chi connectivity index (χ0n) is 15.5. The van der Waals surface area contributed by atoms with Crippen LogP contribution in [0.5, 0.6) is 5.75 Å². The highest BCUT2D eigenvalue weighted by Gasteiger charge is 2.18. The van der Waals surface area contributed by atoms with Crippen molar-refractivity contribution < 1.29 is 13.9 Å². The van der Waals surface area contributed by atoms with Gasteiger partial charge in [0.2, 0.25) is 0 Å². The lowest BCUT2D eigenvalue weighted by Gasteiger charge is -2.20. The van der Waals surface area contributed by atoms with Crippen LogP contribution in [0.25, 0.3) is 0 Å². The van der Waals surface area contributed by atoms with Gasteiger partial charge in [-0.15, -0.1) is 0 Å². The highest BCUT2D eigenvalue weighted by molar-refractivity contribution is 6.30. The second-order valence-corrected chi connectivity index (χ2v) is 6.78. The number of nitrogens with one attached hydrogen (secondary N) is 1. The highest BCUT2D eigenvalue weighted by atomic mass is 35.5. The Morgan fingerprint density at radius 1 is 1.00 bits per heavy atom. The molecule has 0 aliphatic heterocycles. The molecule has 0 spiro atoms. The Morgan fingerprint density at radius 3 is 2.25 bits per heavy atom. The Hall–Kier alpha value is -2.85. The largest absolute Gasteiger partial charge is 0.494 e. The summed E-state index contributed by atoms with van der Waals surface area (Å²) in [4.78, 5) is 12.7. The van der Waals surface area contributed by atoms with E-state index in [0.717, 1.165) is 17.0 Å². The van der Waals surface area contributed by atoms with Crippen molar-refractivity contribution in [2.24, 2.45) is 0 Å². The maximum absolute atomic E-state index is 13.2. The number of carbonyl (C=O) groups excluding carboxylic acids is 1. The summed E-state index contributed by atoms with van der Waals surface area (Å²) in [6.07, 6.45) is 0.224. The molecule has 0 aromatic heterocycles. The lowest BCUT2D eigenvalue weighted by molar-refractivity contribution is 0.0976. The molecule has 1 atom stereocenters. The average Bonchev–Trinajstić information content (AvgIpc) is 2.70. The van der Waals surface area contributed by atoms with Crippen LogP contribution in [0, 0.1) is 5.82 Å². The molecule has 144 valence electrons. The molecule has 28 heavy (non-hydrogen) atoms. The fraction of sp³-hybridized carbons (Fsp3) is 0.174. The van der Waals surface area contributed by atoms with Crippen LogP contribution < -0.4 is 10.1 Å². The van der Waals surface area contributed by atoms with Crippen LogP contribution in [0.15, 0.2) is 72.8 Å². The maximum Gasteiger partial charge on any atom is 0.165 e. The summed E-state index contributed by atoms with van der Waals surface area (Å²) in [7, 11) is 0. The highest BCUT2D eigenvalue weighted by Crippen LogP contribution is 2.27. The first kappa shape index (κ1) is 19.9. The summed E-state index contributed by atoms with van der Waals surface area (Å²) < 4.78 is 18.6. The molecule has 3 aromatic carbocycles. The molecule has 3 aromatic rings. The molecule has 0 aliphatic rings. The van der Waals surface area contributed by atoms with Gasteiger partial charge in [-0.3, -0.25) is 4.79 Å². The van der Waals surface area contributed by atoms with E-state index in [1.165, 1.54) is 24.3 Å². The summed E-state index contributed by atoms with van der Waals surface area (Å²) >= 11 is 5.96. The lowest BCUT2D eigenvalue weighted by atomic mass is 9.97. The molecule has 3 nitrogen and oxygen atoms in total. The zero-order chi connectivity index (χ0) is 19.9. The molecule has 0 aliphatic carbocycles. The maximum atomic E-state index is 13.2. The molecule has 0 heterocycles. The van der Waals surface area contributed by atoms with Gasteiger partial charge in [-0.2, -0.15) is 0 Å². The molecule has 1 N–H and O–H groups in total. The minimum Gasteiger partial charge on any atom is -0.494 e. The Balaban J connectivity index is 1.83. The number of carbonyl (C=O) groups is 1. The van der Waals surface area contributed by atoms with E-state index in [4.69, 9.17) is 16.3 Å². The zero-order valence-corrected chi connectivity index (χ0v) is 16.2. The van der Waals surface area contributed by atoms with E-state index < -0.39 is 0 Å². The molecule has 5 heteroatoms. The number of ketones is 1. The van der Waals surface area contributed by atoms with E-state index in [2.05, 4.69) is 5.32 Å². The molecule has 0 radical (unpaired) electrons. The normalized spacial score (nSPS) is 11.7. The van der Waals surface area contributed by atoms with Crippen LogP contribution in [-0.2, 0) is 0 Å². The van der Waals surface area contributed by atoms with E-state index in [0.29, 0.717) is 17.2 Å². The molecular formula is C23H21ClFNO2. The first-order valence-electron chi connectivity index (χ1n) is 9.09. The number of hydrogen-bond donors (Lipinski definition) is 1. The Labute approximate surface area is 169 Å². The van der Waals surface area contributed by atoms with Crippen LogP contribution in [0.4, 0.5) is 10.1 Å². The van der Waals surface area contributed by atoms with Gasteiger partial charge in [-0.25, -0.2) is 4.39 Å². The standard InChI is InChI=1S/C23H21ClFNO2/c1-2-28-21-13-5-16(6-14-21)22(26-20-11-7-18(24)8-12-20)15-23(27)17-3-9-19(25)10-4-17/h3-14,22,26H,2,15H2,1H3. The minimum absolute atomic E-state index is 0.0691. The monoisotopic (exact) mass is 397 g/mol. The van der Waals surface area contributed by atoms with Crippen molar-refractivity contribution in [1.82, 2.24) is 0 Å². The predicted molar refractivity (Wildman–Crippen MR) is 111 cm³/mol. The van der Waals surface area contributed by atoms with E-state index >= 15 is 0 Å². The fourth-order valence-electron chi connectivity index (χ4n) is 2.90. The molecule has 0 saturated carbocycles. The molecule has 0 fully saturated rings. The second kappa shape index (κ2) is 9.38. The average molecular weight is 398 g/mol. The van der Waals surface area contributed by atoms with Crippen molar-refractivity contribution in [2.45, 2.75) is 19.4 Å². The summed E-state index contributed by atoms with van der Waals surface area (Å²) in [5, 5.41) is 4.04. The third-order valence-electron chi connectivity index (χ3n) is 4.33. The van der Waals surface area contributed by atoms with Gasteiger partial charge in [-0.1, -0.05) is 23.7 Å². The van der Waals surface area contributed by atoms with Crippen molar-refractivity contribution in [3.8, 4) is 5.75 Å².